The number of carboxylic acids is 1. The van der Waals surface area contributed by atoms with E-state index < -0.39 is 46.5 Å². The van der Waals surface area contributed by atoms with Gasteiger partial charge in [-0.05, 0) is 89.3 Å². The summed E-state index contributed by atoms with van der Waals surface area (Å²) < 4.78 is 50.8. The van der Waals surface area contributed by atoms with Crippen LogP contribution >= 0.6 is 22.7 Å². The van der Waals surface area contributed by atoms with Gasteiger partial charge in [0.05, 0.1) is 46.3 Å². The molecule has 0 unspecified atom stereocenters. The molecule has 0 aliphatic heterocycles. The molecule has 5 heterocycles. The lowest BCUT2D eigenvalue weighted by Gasteiger charge is -2.11. The van der Waals surface area contributed by atoms with E-state index in [0.717, 1.165) is 55.1 Å². The molecule has 0 fully saturated rings. The number of thiophene rings is 2. The number of nitrogens with one attached hydrogen (secondary N) is 2. The number of nitrogens with zero attached hydrogens (tertiary/aromatic N) is 5. The van der Waals surface area contributed by atoms with Crippen molar-refractivity contribution in [1.29, 1.82) is 0 Å². The molecule has 8 rings (SSSR count). The maximum atomic E-state index is 13.1. The maximum absolute atomic E-state index is 13.1. The van der Waals surface area contributed by atoms with Gasteiger partial charge in [-0.3, -0.25) is 42.4 Å². The van der Waals surface area contributed by atoms with Crippen molar-refractivity contribution in [3.8, 4) is 11.5 Å². The summed E-state index contributed by atoms with van der Waals surface area (Å²) in [5.41, 5.74) is 0.793. The maximum Gasteiger partial charge on any atom is 0.573 e. The van der Waals surface area contributed by atoms with E-state index in [9.17, 15) is 46.7 Å². The van der Waals surface area contributed by atoms with Gasteiger partial charge in [-0.15, -0.1) is 35.8 Å². The number of hydrogen-bond donors (Lipinski definition) is 3. The zero-order chi connectivity index (χ0) is 49.6. The quantitative estimate of drug-likeness (QED) is 0.123. The molecular formula is C47H40F3N7O10S2. The Balaban J connectivity index is 0.000000205. The fraction of sp³-hybridized carbons (Fsp3) is 0.191. The molecular weight excluding hydrogens is 944 g/mol. The molecule has 0 aliphatic carbocycles. The molecule has 2 amide bonds. The first-order chi connectivity index (χ1) is 32.9. The van der Waals surface area contributed by atoms with E-state index in [0.29, 0.717) is 44.4 Å². The molecule has 0 bridgehead atoms. The van der Waals surface area contributed by atoms with Crippen molar-refractivity contribution in [1.82, 2.24) is 33.9 Å². The monoisotopic (exact) mass is 983 g/mol. The average Bonchev–Trinajstić information content (AvgIpc) is 4.00. The Labute approximate surface area is 395 Å². The number of pyridine rings is 1. The number of aryl methyl sites for hydroxylation is 2. The topological polar surface area (TPSA) is 215 Å². The Bertz CT molecular complexity index is 3450. The lowest BCUT2D eigenvalue weighted by molar-refractivity contribution is -0.274. The van der Waals surface area contributed by atoms with Gasteiger partial charge in [0.1, 0.15) is 21.2 Å². The summed E-state index contributed by atoms with van der Waals surface area (Å²) in [6.07, 6.45) is -0.800. The van der Waals surface area contributed by atoms with E-state index in [-0.39, 0.29) is 46.8 Å². The standard InChI is InChI=1S/C24H20F3N3O5S.C23H20N4O5S/c1-29-22-18(11-19(36-22)20(31)28-12-15-4-3-5-17(10-15)34-2)21(32)30(23(29)33)13-14-6-8-16(9-7-14)35-24(25,26)27;1-26-21-17(12-18(33-21)19(28)25-11-8-14-6-9-24-10-7-14)20(29)27(23(26)32)13-15-2-4-16(5-3-15)22(30)31/h3-11H,12-13H2,1-2H3,(H,28,31);2-7,9-10,12H,8,11,13H2,1H3,(H,25,28)(H,30,31). The Morgan fingerprint density at radius 3 is 1.70 bits per heavy atom. The number of carbonyl (C=O) groups is 3. The number of hydrogen-bond acceptors (Lipinski definition) is 12. The third-order valence-electron chi connectivity index (χ3n) is 10.5. The molecule has 0 radical (unpaired) electrons. The van der Waals surface area contributed by atoms with Crippen LogP contribution in [0.4, 0.5) is 13.2 Å². The number of carboxylic acid groups (broad SMARTS) is 1. The van der Waals surface area contributed by atoms with Crippen molar-refractivity contribution in [2.75, 3.05) is 13.7 Å². The first-order valence-electron chi connectivity index (χ1n) is 20.6. The van der Waals surface area contributed by atoms with Crippen LogP contribution in [0.25, 0.3) is 20.4 Å². The Morgan fingerprint density at radius 2 is 1.19 bits per heavy atom. The number of rotatable bonds is 14. The molecule has 22 heteroatoms. The third kappa shape index (κ3) is 11.5. The smallest absolute Gasteiger partial charge is 0.497 e. The first kappa shape index (κ1) is 48.8. The first-order valence-corrected chi connectivity index (χ1v) is 22.3. The second kappa shape index (κ2) is 20.8. The zero-order valence-electron chi connectivity index (χ0n) is 36.7. The lowest BCUT2D eigenvalue weighted by atomic mass is 10.1. The van der Waals surface area contributed by atoms with Gasteiger partial charge in [0.25, 0.3) is 22.9 Å². The summed E-state index contributed by atoms with van der Waals surface area (Å²) in [6, 6.07) is 24.7. The van der Waals surface area contributed by atoms with E-state index in [1.54, 1.807) is 56.9 Å². The van der Waals surface area contributed by atoms with Crippen molar-refractivity contribution in [3.63, 3.8) is 0 Å². The summed E-state index contributed by atoms with van der Waals surface area (Å²) in [5.74, 6) is -1.53. The molecule has 3 N–H and O–H groups in total. The Morgan fingerprint density at radius 1 is 0.667 bits per heavy atom. The predicted molar refractivity (Wildman–Crippen MR) is 252 cm³/mol. The fourth-order valence-corrected chi connectivity index (χ4v) is 9.04. The molecule has 8 aromatic rings. The number of halogens is 3. The number of fused-ring (bicyclic) bond motifs is 2. The Kier molecular flexibility index (Phi) is 14.7. The van der Waals surface area contributed by atoms with Crippen LogP contribution in [0.2, 0.25) is 0 Å². The summed E-state index contributed by atoms with van der Waals surface area (Å²) in [6.45, 7) is 0.486. The molecule has 0 saturated carbocycles. The minimum absolute atomic E-state index is 0.00927. The van der Waals surface area contributed by atoms with Gasteiger partial charge in [-0.1, -0.05) is 36.4 Å². The van der Waals surface area contributed by atoms with E-state index in [2.05, 4.69) is 20.4 Å². The fourth-order valence-electron chi connectivity index (χ4n) is 6.99. The number of methoxy groups -OCH3 is 1. The van der Waals surface area contributed by atoms with Gasteiger partial charge < -0.3 is 25.2 Å². The van der Waals surface area contributed by atoms with Crippen molar-refractivity contribution in [2.24, 2.45) is 14.1 Å². The van der Waals surface area contributed by atoms with Crippen LogP contribution in [0.5, 0.6) is 11.5 Å². The van der Waals surface area contributed by atoms with Crippen LogP contribution in [0, 0.1) is 0 Å². The number of aromatic nitrogens is 5. The third-order valence-corrected chi connectivity index (χ3v) is 13.0. The van der Waals surface area contributed by atoms with Crippen molar-refractivity contribution >= 4 is 60.9 Å². The normalized spacial score (nSPS) is 11.2. The highest BCUT2D eigenvalue weighted by atomic mass is 32.1. The van der Waals surface area contributed by atoms with E-state index in [1.165, 1.54) is 52.6 Å². The number of benzene rings is 3. The molecule has 0 atom stereocenters. The second-order valence-corrected chi connectivity index (χ2v) is 17.3. The molecule has 0 aliphatic rings. The van der Waals surface area contributed by atoms with Crippen molar-refractivity contribution < 1.29 is 42.1 Å². The predicted octanol–water partition coefficient (Wildman–Crippen LogP) is 5.52. The number of carbonyl (C=O) groups excluding carboxylic acids is 2. The molecule has 0 saturated heterocycles. The molecule has 17 nitrogen and oxygen atoms in total. The summed E-state index contributed by atoms with van der Waals surface area (Å²) in [5, 5.41) is 15.1. The van der Waals surface area contributed by atoms with Gasteiger partial charge in [0, 0.05) is 39.6 Å². The number of amides is 2. The van der Waals surface area contributed by atoms with E-state index in [1.807, 2.05) is 18.2 Å². The summed E-state index contributed by atoms with van der Waals surface area (Å²) in [7, 11) is 4.58. The van der Waals surface area contributed by atoms with Crippen LogP contribution in [-0.4, -0.2) is 66.2 Å². The Hall–Kier alpha value is -8.11. The van der Waals surface area contributed by atoms with Crippen LogP contribution in [0.15, 0.2) is 129 Å². The minimum Gasteiger partial charge on any atom is -0.497 e. The van der Waals surface area contributed by atoms with Gasteiger partial charge >= 0.3 is 23.7 Å². The number of aromatic carboxylic acids is 1. The van der Waals surface area contributed by atoms with E-state index >= 15 is 0 Å². The zero-order valence-corrected chi connectivity index (χ0v) is 38.4. The van der Waals surface area contributed by atoms with Crippen LogP contribution < -0.4 is 42.6 Å². The van der Waals surface area contributed by atoms with Gasteiger partial charge in [-0.25, -0.2) is 14.4 Å². The van der Waals surface area contributed by atoms with E-state index in [4.69, 9.17) is 9.84 Å². The molecule has 5 aromatic heterocycles. The number of alkyl halides is 3. The van der Waals surface area contributed by atoms with Crippen LogP contribution in [0.1, 0.15) is 52.0 Å². The lowest BCUT2D eigenvalue weighted by Crippen LogP contribution is -2.38. The largest absolute Gasteiger partial charge is 0.573 e. The summed E-state index contributed by atoms with van der Waals surface area (Å²) in [4.78, 5) is 93.5. The molecule has 69 heavy (non-hydrogen) atoms. The molecule has 3 aromatic carbocycles. The molecule has 0 spiro atoms. The van der Waals surface area contributed by atoms with Gasteiger partial charge in [0.15, 0.2) is 0 Å². The van der Waals surface area contributed by atoms with Crippen LogP contribution in [-0.2, 0) is 40.2 Å². The minimum atomic E-state index is -4.82. The second-order valence-electron chi connectivity index (χ2n) is 15.2. The summed E-state index contributed by atoms with van der Waals surface area (Å²) >= 11 is 2.10. The van der Waals surface area contributed by atoms with Gasteiger partial charge in [-0.2, -0.15) is 0 Å². The van der Waals surface area contributed by atoms with Gasteiger partial charge in [0.2, 0.25) is 0 Å². The SMILES string of the molecule is COc1cccc(CNC(=O)c2cc3c(=O)n(Cc4ccc(OC(F)(F)F)cc4)c(=O)n(C)c3s2)c1.Cn1c(=O)n(Cc2ccc(C(=O)O)cc2)c(=O)c2cc(C(=O)NCCc3ccncc3)sc21. The highest BCUT2D eigenvalue weighted by Gasteiger charge is 2.31. The van der Waals surface area contributed by atoms with Crippen LogP contribution in [0.3, 0.4) is 0 Å². The highest BCUT2D eigenvalue weighted by Crippen LogP contribution is 2.25. The molecule has 356 valence electrons. The van der Waals surface area contributed by atoms with Crippen molar-refractivity contribution in [2.45, 2.75) is 32.4 Å². The van der Waals surface area contributed by atoms with Crippen molar-refractivity contribution in [3.05, 3.63) is 189 Å². The average molecular weight is 984 g/mol. The highest BCUT2D eigenvalue weighted by molar-refractivity contribution is 7.20. The number of ether oxygens (including phenoxy) is 2.